The summed E-state index contributed by atoms with van der Waals surface area (Å²) in [5.41, 5.74) is 1.49. The summed E-state index contributed by atoms with van der Waals surface area (Å²) in [5, 5.41) is 54.3. The number of phenolic OH excluding ortho intramolecular Hbond substituents is 1. The number of anilines is 7. The second-order valence-corrected chi connectivity index (χ2v) is 20.4. The Morgan fingerprint density at radius 3 is 1.31 bits per heavy atom. The average Bonchev–Trinajstić information content (AvgIpc) is 3.22. The number of fused-ring (bicyclic) bond motifs is 1. The number of halogens is 2. The fourth-order valence-electron chi connectivity index (χ4n) is 5.80. The maximum absolute atomic E-state index is 12.8. The van der Waals surface area contributed by atoms with Gasteiger partial charge in [0.2, 0.25) is 34.4 Å². The smallest absolute Gasteiger partial charge is 0.296 e. The van der Waals surface area contributed by atoms with Crippen LogP contribution >= 0.6 is 23.2 Å². The lowest BCUT2D eigenvalue weighted by molar-refractivity contribution is 0.207. The van der Waals surface area contributed by atoms with Gasteiger partial charge in [-0.3, -0.25) is 18.2 Å². The second kappa shape index (κ2) is 20.3. The van der Waals surface area contributed by atoms with Crippen molar-refractivity contribution in [3.8, 4) is 5.75 Å². The molecule has 30 nitrogen and oxygen atoms in total. The fourth-order valence-corrected chi connectivity index (χ4v) is 8.66. The minimum Gasteiger partial charge on any atom is -0.505 e. The molecule has 2 atom stereocenters. The van der Waals surface area contributed by atoms with Crippen LogP contribution in [0.3, 0.4) is 0 Å². The molecule has 6 aromatic rings. The van der Waals surface area contributed by atoms with Gasteiger partial charge in [0.15, 0.2) is 5.75 Å². The van der Waals surface area contributed by atoms with Crippen molar-refractivity contribution in [1.29, 1.82) is 0 Å². The summed E-state index contributed by atoms with van der Waals surface area (Å²) in [6, 6.07) is 6.72. The van der Waals surface area contributed by atoms with Crippen LogP contribution in [0.4, 0.5) is 63.6 Å². The third-order valence-electron chi connectivity index (χ3n) is 8.70. The molecular formula is C34H33Cl2N15O15S4. The van der Waals surface area contributed by atoms with Crippen molar-refractivity contribution in [2.24, 2.45) is 20.5 Å². The van der Waals surface area contributed by atoms with Gasteiger partial charge in [0, 0.05) is 24.5 Å². The molecule has 0 bridgehead atoms. The molecule has 0 aliphatic carbocycles. The van der Waals surface area contributed by atoms with Crippen molar-refractivity contribution in [3.05, 3.63) is 59.1 Å². The zero-order chi connectivity index (χ0) is 51.7. The lowest BCUT2D eigenvalue weighted by atomic mass is 10.1. The Morgan fingerprint density at radius 2 is 0.929 bits per heavy atom. The number of nitrogens with one attached hydrogen (secondary N) is 4. The predicted molar refractivity (Wildman–Crippen MR) is 247 cm³/mol. The lowest BCUT2D eigenvalue weighted by Gasteiger charge is -2.14. The third-order valence-corrected chi connectivity index (χ3v) is 12.6. The number of aliphatic hydroxyl groups excluding tert-OH is 2. The number of azo groups is 2. The van der Waals surface area contributed by atoms with E-state index in [1.165, 1.54) is 13.8 Å². The molecule has 2 heterocycles. The Bertz CT molecular complexity index is 3370. The third kappa shape index (κ3) is 12.9. The zero-order valence-corrected chi connectivity index (χ0v) is 39.8. The van der Waals surface area contributed by atoms with Crippen molar-refractivity contribution >= 4 is 138 Å². The van der Waals surface area contributed by atoms with Gasteiger partial charge in [-0.25, -0.2) is 0 Å². The monoisotopic (exact) mass is 1090 g/mol. The molecule has 36 heteroatoms. The van der Waals surface area contributed by atoms with Crippen LogP contribution in [0.5, 0.6) is 5.75 Å². The molecule has 0 radical (unpaired) electrons. The van der Waals surface area contributed by atoms with Crippen molar-refractivity contribution in [3.63, 3.8) is 0 Å². The van der Waals surface area contributed by atoms with Gasteiger partial charge in [-0.15, -0.1) is 20.5 Å². The van der Waals surface area contributed by atoms with Crippen LogP contribution in [0.2, 0.25) is 10.6 Å². The van der Waals surface area contributed by atoms with Crippen molar-refractivity contribution in [1.82, 2.24) is 29.9 Å². The number of aromatic hydroxyl groups is 1. The van der Waals surface area contributed by atoms with E-state index in [0.717, 1.165) is 36.4 Å². The topological polar surface area (TPSA) is 479 Å². The maximum Gasteiger partial charge on any atom is 0.296 e. The first-order valence-corrected chi connectivity index (χ1v) is 25.3. The standard InChI is InChI=1S/C34H33Cl2N15O15S4/c1-13(52)11-38-31-42-29(35)44-33(46-31)40-16-3-5-20(67(55,56)57)18(9-16)48-50-26-22(69(61,62)63)7-15-8-23(70(64,65)66)27(28(54)24(15)25(26)37)51-49-19-10-17(4-6-21(19)68(58,59)60)41-34-45-30(36)43-32(47-34)39-12-14(2)53/h3-10,13-14,52-54H,11-12,37H2,1-2H3,(H,55,56,57)(H,58,59,60)(H,61,62,63)(H,64,65,66)(H2,38,40,42,44,46)(H2,39,41,43,45,47)/b50-48+,51-49+. The van der Waals surface area contributed by atoms with Crippen molar-refractivity contribution in [2.75, 3.05) is 40.1 Å². The Morgan fingerprint density at radius 1 is 0.557 bits per heavy atom. The van der Waals surface area contributed by atoms with Crippen LogP contribution in [-0.2, 0) is 40.5 Å². The number of phenols is 1. The summed E-state index contributed by atoms with van der Waals surface area (Å²) in [6.45, 7) is 2.95. The Labute approximate surface area is 404 Å². The highest BCUT2D eigenvalue weighted by atomic mass is 35.5. The van der Waals surface area contributed by atoms with Crippen LogP contribution in [-0.4, -0.2) is 122 Å². The molecule has 2 aromatic heterocycles. The summed E-state index contributed by atoms with van der Waals surface area (Å²) in [6.07, 6.45) is -1.65. The molecule has 13 N–H and O–H groups in total. The number of aliphatic hydroxyl groups is 2. The fraction of sp³-hybridized carbons (Fsp3) is 0.176. The summed E-state index contributed by atoms with van der Waals surface area (Å²) < 4.78 is 141. The first kappa shape index (κ1) is 52.7. The van der Waals surface area contributed by atoms with Crippen LogP contribution in [0.15, 0.2) is 88.6 Å². The van der Waals surface area contributed by atoms with E-state index < -0.39 is 117 Å². The average molecular weight is 1090 g/mol. The second-order valence-electron chi connectivity index (χ2n) is 14.2. The minimum absolute atomic E-state index is 0.000459. The van der Waals surface area contributed by atoms with Gasteiger partial charge in [0.25, 0.3) is 40.5 Å². The molecule has 0 saturated carbocycles. The van der Waals surface area contributed by atoms with E-state index in [1.54, 1.807) is 0 Å². The number of aromatic nitrogens is 6. The SMILES string of the molecule is CC(O)CNc1nc(Cl)nc(Nc2ccc(S(=O)(=O)O)c(/N=N/c3c(S(=O)(=O)O)cc4cc(S(=O)(=O)O)c(/N=N/c5cc(Nc6nc(Cl)nc(NCC(C)O)n6)ccc5S(=O)(=O)O)c(O)c4c3N)c2)n1. The number of benzene rings is 4. The van der Waals surface area contributed by atoms with Gasteiger partial charge < -0.3 is 42.3 Å². The number of nitrogens with zero attached hydrogens (tertiary/aromatic N) is 10. The number of nitrogen functional groups attached to an aromatic ring is 1. The van der Waals surface area contributed by atoms with Gasteiger partial charge in [-0.05, 0) is 91.0 Å². The lowest BCUT2D eigenvalue weighted by Crippen LogP contribution is -2.17. The highest BCUT2D eigenvalue weighted by Gasteiger charge is 2.29. The highest BCUT2D eigenvalue weighted by molar-refractivity contribution is 7.86. The van der Waals surface area contributed by atoms with Gasteiger partial charge in [-0.1, -0.05) is 0 Å². The van der Waals surface area contributed by atoms with Crippen LogP contribution in [0.25, 0.3) is 10.8 Å². The number of hydrogen-bond acceptors (Lipinski definition) is 26. The quantitative estimate of drug-likeness (QED) is 0.0315. The number of hydrogen-bond donors (Lipinski definition) is 12. The molecule has 0 aliphatic rings. The van der Waals surface area contributed by atoms with Crippen LogP contribution in [0, 0.1) is 0 Å². The molecule has 0 amide bonds. The first-order valence-electron chi connectivity index (χ1n) is 18.8. The highest BCUT2D eigenvalue weighted by Crippen LogP contribution is 2.49. The van der Waals surface area contributed by atoms with E-state index in [-0.39, 0.29) is 58.8 Å². The number of nitrogens with two attached hydrogens (primary N) is 1. The molecule has 0 saturated heterocycles. The minimum atomic E-state index is -5.50. The van der Waals surface area contributed by atoms with E-state index in [4.69, 9.17) is 28.9 Å². The first-order chi connectivity index (χ1) is 32.5. The van der Waals surface area contributed by atoms with E-state index >= 15 is 0 Å². The molecule has 0 aliphatic heterocycles. The molecule has 70 heavy (non-hydrogen) atoms. The molecule has 2 unspecified atom stereocenters. The molecule has 372 valence electrons. The van der Waals surface area contributed by atoms with Crippen molar-refractivity contribution in [2.45, 2.75) is 45.6 Å². The Hall–Kier alpha value is -6.70. The summed E-state index contributed by atoms with van der Waals surface area (Å²) in [4.78, 5) is 19.2. The van der Waals surface area contributed by atoms with Gasteiger partial charge in [0.05, 0.1) is 23.3 Å². The predicted octanol–water partition coefficient (Wildman–Crippen LogP) is 4.69. The van der Waals surface area contributed by atoms with Gasteiger partial charge >= 0.3 is 0 Å². The normalized spacial score (nSPS) is 13.5. The van der Waals surface area contributed by atoms with Crippen molar-refractivity contribution < 1.29 is 67.2 Å². The van der Waals surface area contributed by atoms with Crippen LogP contribution < -0.4 is 27.0 Å². The molecule has 0 spiro atoms. The number of rotatable bonds is 18. The van der Waals surface area contributed by atoms with E-state index in [1.807, 2.05) is 0 Å². The largest absolute Gasteiger partial charge is 0.505 e. The molecule has 6 rings (SSSR count). The zero-order valence-electron chi connectivity index (χ0n) is 35.0. The molecule has 0 fully saturated rings. The van der Waals surface area contributed by atoms with Gasteiger partial charge in [-0.2, -0.15) is 63.6 Å². The Kier molecular flexibility index (Phi) is 15.3. The van der Waals surface area contributed by atoms with E-state index in [2.05, 4.69) is 71.6 Å². The molecule has 4 aromatic carbocycles. The van der Waals surface area contributed by atoms with Crippen LogP contribution in [0.1, 0.15) is 13.8 Å². The van der Waals surface area contributed by atoms with Gasteiger partial charge in [0.1, 0.15) is 42.3 Å². The maximum atomic E-state index is 12.8. The van der Waals surface area contributed by atoms with E-state index in [0.29, 0.717) is 12.1 Å². The summed E-state index contributed by atoms with van der Waals surface area (Å²) in [5.74, 6) is -1.99. The van der Waals surface area contributed by atoms with E-state index in [9.17, 15) is 67.2 Å². The summed E-state index contributed by atoms with van der Waals surface area (Å²) in [7, 11) is -21.2. The molecular weight excluding hydrogens is 1060 g/mol. The Balaban J connectivity index is 1.49. The summed E-state index contributed by atoms with van der Waals surface area (Å²) >= 11 is 12.0.